The van der Waals surface area contributed by atoms with Gasteiger partial charge in [-0.25, -0.2) is 15.0 Å². The van der Waals surface area contributed by atoms with Crippen LogP contribution in [0.15, 0.2) is 12.7 Å². The Morgan fingerprint density at radius 2 is 2.20 bits per heavy atom. The Bertz CT molecular complexity index is 753. The molecule has 0 spiro atoms. The third kappa shape index (κ3) is 2.58. The van der Waals surface area contributed by atoms with Gasteiger partial charge in [-0.1, -0.05) is 0 Å². The van der Waals surface area contributed by atoms with Crippen LogP contribution in [0, 0.1) is 0 Å². The van der Waals surface area contributed by atoms with Crippen molar-refractivity contribution in [1.82, 2.24) is 19.5 Å². The lowest BCUT2D eigenvalue weighted by atomic mass is 9.91. The first-order chi connectivity index (χ1) is 12.2. The van der Waals surface area contributed by atoms with Crippen molar-refractivity contribution in [2.45, 2.75) is 43.3 Å². The summed E-state index contributed by atoms with van der Waals surface area (Å²) in [4.78, 5) is 12.7. The zero-order valence-electron chi connectivity index (χ0n) is 14.4. The maximum absolute atomic E-state index is 6.52. The first-order valence-corrected chi connectivity index (χ1v) is 8.44. The van der Waals surface area contributed by atoms with Gasteiger partial charge in [0, 0.05) is 20.8 Å². The smallest absolute Gasteiger partial charge is 0.167 e. The van der Waals surface area contributed by atoms with Crippen molar-refractivity contribution in [2.24, 2.45) is 0 Å². The van der Waals surface area contributed by atoms with Crippen LogP contribution in [0.2, 0.25) is 0 Å². The Labute approximate surface area is 145 Å². The number of nitrogens with zero attached hydrogens (tertiary/aromatic N) is 4. The molecule has 4 heterocycles. The van der Waals surface area contributed by atoms with E-state index in [1.807, 2.05) is 4.57 Å². The standard InChI is InChI=1S/C16H23N5O4/c1-22-7-16-5-3-4-6-24-12(16)11(23-2)15(25-16)21-9-20-10-13(17)18-8-19-14(10)21/h8-9,11-12,15H,3-7H2,1-2H3,(H2,17,18,19)/t11-,12?,15+,16+/m0/s1. The number of nitrogen functional groups attached to an aromatic ring is 1. The van der Waals surface area contributed by atoms with E-state index in [0.29, 0.717) is 30.2 Å². The first-order valence-electron chi connectivity index (χ1n) is 8.44. The summed E-state index contributed by atoms with van der Waals surface area (Å²) in [6.45, 7) is 1.13. The SMILES string of the molecule is COC[C@]12CCCCOC1[C@H](OC)[C@H](n1cnc3c(N)ncnc31)O2. The molecule has 9 heteroatoms. The molecule has 4 rings (SSSR count). The third-order valence-electron chi connectivity index (χ3n) is 5.07. The first kappa shape index (κ1) is 16.6. The van der Waals surface area contributed by atoms with E-state index in [-0.39, 0.29) is 12.2 Å². The number of nitrogens with two attached hydrogens (primary N) is 1. The van der Waals surface area contributed by atoms with E-state index >= 15 is 0 Å². The number of imidazole rings is 1. The van der Waals surface area contributed by atoms with Crippen molar-refractivity contribution < 1.29 is 18.9 Å². The Morgan fingerprint density at radius 3 is 3.00 bits per heavy atom. The fourth-order valence-corrected chi connectivity index (χ4v) is 3.95. The molecule has 0 bridgehead atoms. The van der Waals surface area contributed by atoms with Gasteiger partial charge in [0.15, 0.2) is 17.7 Å². The second-order valence-corrected chi connectivity index (χ2v) is 6.54. The highest BCUT2D eigenvalue weighted by Gasteiger charge is 2.57. The number of ether oxygens (including phenoxy) is 4. The molecule has 2 N–H and O–H groups in total. The van der Waals surface area contributed by atoms with Crippen molar-refractivity contribution in [2.75, 3.05) is 33.2 Å². The van der Waals surface area contributed by atoms with E-state index < -0.39 is 11.8 Å². The molecule has 4 atom stereocenters. The van der Waals surface area contributed by atoms with Crippen molar-refractivity contribution in [3.05, 3.63) is 12.7 Å². The zero-order chi connectivity index (χ0) is 17.4. The molecule has 136 valence electrons. The van der Waals surface area contributed by atoms with Crippen LogP contribution in [-0.2, 0) is 18.9 Å². The quantitative estimate of drug-likeness (QED) is 0.868. The van der Waals surface area contributed by atoms with Gasteiger partial charge < -0.3 is 24.7 Å². The largest absolute Gasteiger partial charge is 0.382 e. The molecule has 2 fully saturated rings. The van der Waals surface area contributed by atoms with Crippen LogP contribution < -0.4 is 5.73 Å². The van der Waals surface area contributed by atoms with Crippen LogP contribution in [-0.4, -0.2) is 64.8 Å². The molecule has 2 aromatic rings. The van der Waals surface area contributed by atoms with Gasteiger partial charge >= 0.3 is 0 Å². The van der Waals surface area contributed by atoms with Gasteiger partial charge in [0.2, 0.25) is 0 Å². The highest BCUT2D eigenvalue weighted by Crippen LogP contribution is 2.45. The third-order valence-corrected chi connectivity index (χ3v) is 5.07. The summed E-state index contributed by atoms with van der Waals surface area (Å²) >= 11 is 0. The predicted octanol–water partition coefficient (Wildman–Crippen LogP) is 0.907. The second-order valence-electron chi connectivity index (χ2n) is 6.54. The van der Waals surface area contributed by atoms with Crippen molar-refractivity contribution in [3.63, 3.8) is 0 Å². The lowest BCUT2D eigenvalue weighted by Crippen LogP contribution is -2.47. The van der Waals surface area contributed by atoms with Gasteiger partial charge in [-0.15, -0.1) is 0 Å². The molecule has 0 aromatic carbocycles. The Hall–Kier alpha value is -1.81. The number of anilines is 1. The van der Waals surface area contributed by atoms with E-state index in [1.54, 1.807) is 20.5 Å². The lowest BCUT2D eigenvalue weighted by molar-refractivity contribution is -0.141. The fraction of sp³-hybridized carbons (Fsp3) is 0.688. The molecule has 0 amide bonds. The zero-order valence-corrected chi connectivity index (χ0v) is 14.4. The fourth-order valence-electron chi connectivity index (χ4n) is 3.95. The van der Waals surface area contributed by atoms with E-state index in [2.05, 4.69) is 15.0 Å². The molecule has 2 saturated heterocycles. The maximum atomic E-state index is 6.52. The van der Waals surface area contributed by atoms with Crippen LogP contribution >= 0.6 is 0 Å². The molecule has 2 aromatic heterocycles. The minimum absolute atomic E-state index is 0.221. The minimum atomic E-state index is -0.550. The molecule has 2 aliphatic rings. The molecule has 2 aliphatic heterocycles. The van der Waals surface area contributed by atoms with Crippen LogP contribution in [0.1, 0.15) is 25.5 Å². The molecule has 9 nitrogen and oxygen atoms in total. The summed E-state index contributed by atoms with van der Waals surface area (Å²) in [5, 5.41) is 0. The number of rotatable bonds is 4. The molecule has 25 heavy (non-hydrogen) atoms. The van der Waals surface area contributed by atoms with E-state index in [4.69, 9.17) is 24.7 Å². The van der Waals surface area contributed by atoms with Gasteiger partial charge in [0.25, 0.3) is 0 Å². The number of hydrogen-bond acceptors (Lipinski definition) is 8. The summed E-state index contributed by atoms with van der Waals surface area (Å²) < 4.78 is 25.8. The predicted molar refractivity (Wildman–Crippen MR) is 88.9 cm³/mol. The molecule has 0 radical (unpaired) electrons. The van der Waals surface area contributed by atoms with Gasteiger partial charge in [-0.05, 0) is 19.3 Å². The van der Waals surface area contributed by atoms with Gasteiger partial charge in [-0.3, -0.25) is 4.57 Å². The molecule has 0 saturated carbocycles. The maximum Gasteiger partial charge on any atom is 0.167 e. The summed E-state index contributed by atoms with van der Waals surface area (Å²) in [6, 6.07) is 0. The van der Waals surface area contributed by atoms with Crippen LogP contribution in [0.3, 0.4) is 0 Å². The number of aromatic nitrogens is 4. The summed E-state index contributed by atoms with van der Waals surface area (Å²) in [5.41, 5.74) is 6.52. The van der Waals surface area contributed by atoms with E-state index in [1.165, 1.54) is 6.33 Å². The number of methoxy groups -OCH3 is 2. The number of fused-ring (bicyclic) bond motifs is 2. The van der Waals surface area contributed by atoms with Crippen molar-refractivity contribution in [3.8, 4) is 0 Å². The molecule has 1 unspecified atom stereocenters. The van der Waals surface area contributed by atoms with Crippen LogP contribution in [0.25, 0.3) is 11.2 Å². The minimum Gasteiger partial charge on any atom is -0.382 e. The monoisotopic (exact) mass is 349 g/mol. The average Bonchev–Trinajstić information content (AvgIpc) is 3.09. The van der Waals surface area contributed by atoms with Crippen molar-refractivity contribution >= 4 is 17.0 Å². The van der Waals surface area contributed by atoms with Gasteiger partial charge in [0.1, 0.15) is 29.7 Å². The topological polar surface area (TPSA) is 107 Å². The van der Waals surface area contributed by atoms with Crippen LogP contribution in [0.5, 0.6) is 0 Å². The van der Waals surface area contributed by atoms with Gasteiger partial charge in [-0.2, -0.15) is 0 Å². The van der Waals surface area contributed by atoms with E-state index in [0.717, 1.165) is 19.3 Å². The number of hydrogen-bond donors (Lipinski definition) is 1. The van der Waals surface area contributed by atoms with Crippen molar-refractivity contribution in [1.29, 1.82) is 0 Å². The normalized spacial score (nSPS) is 32.6. The second kappa shape index (κ2) is 6.49. The molecular weight excluding hydrogens is 326 g/mol. The van der Waals surface area contributed by atoms with Gasteiger partial charge in [0.05, 0.1) is 12.9 Å². The average molecular weight is 349 g/mol. The highest BCUT2D eigenvalue weighted by molar-refractivity contribution is 5.81. The van der Waals surface area contributed by atoms with Crippen LogP contribution in [0.4, 0.5) is 5.82 Å². The van der Waals surface area contributed by atoms with E-state index in [9.17, 15) is 0 Å². The summed E-state index contributed by atoms with van der Waals surface area (Å²) in [5.74, 6) is 0.341. The Balaban J connectivity index is 1.77. The Morgan fingerprint density at radius 1 is 1.32 bits per heavy atom. The highest BCUT2D eigenvalue weighted by atomic mass is 16.6. The molecular formula is C16H23N5O4. The Kier molecular flexibility index (Phi) is 4.32. The molecule has 0 aliphatic carbocycles. The lowest BCUT2D eigenvalue weighted by Gasteiger charge is -2.32. The summed E-state index contributed by atoms with van der Waals surface area (Å²) in [6.07, 6.45) is 5.01. The summed E-state index contributed by atoms with van der Waals surface area (Å²) in [7, 11) is 3.34.